The van der Waals surface area contributed by atoms with Crippen LogP contribution in [0.5, 0.6) is 17.2 Å². The lowest BCUT2D eigenvalue weighted by Gasteiger charge is -2.07. The molecule has 136 valence electrons. The van der Waals surface area contributed by atoms with Crippen LogP contribution in [0.3, 0.4) is 0 Å². The van der Waals surface area contributed by atoms with E-state index in [9.17, 15) is 14.3 Å². The molecule has 0 fully saturated rings. The topological polar surface area (TPSA) is 80.2 Å². The first-order valence-corrected chi connectivity index (χ1v) is 8.13. The van der Waals surface area contributed by atoms with Gasteiger partial charge in [0.25, 0.3) is 5.91 Å². The van der Waals surface area contributed by atoms with E-state index in [1.807, 2.05) is 6.92 Å². The number of carbonyl (C=O) groups is 1. The molecule has 0 bridgehead atoms. The van der Waals surface area contributed by atoms with E-state index in [4.69, 9.17) is 9.47 Å². The van der Waals surface area contributed by atoms with Crippen LogP contribution in [0, 0.1) is 5.82 Å². The molecule has 1 atom stereocenters. The van der Waals surface area contributed by atoms with Gasteiger partial charge in [0.2, 0.25) is 0 Å². The zero-order valence-electron chi connectivity index (χ0n) is 14.5. The maximum Gasteiger partial charge on any atom is 0.277 e. The fourth-order valence-electron chi connectivity index (χ4n) is 2.95. The number of hydrogen-bond donors (Lipinski definition) is 2. The molecule has 0 heterocycles. The number of methoxy groups -OCH3 is 1. The molecule has 0 radical (unpaired) electrons. The van der Waals surface area contributed by atoms with E-state index < -0.39 is 5.91 Å². The standard InChI is InChI=1S/C19H19FN2O4/c1-11-9-15(19-16(23)8-7-14(20)18(11)19)21-22-17(24)10-26-13-5-3-12(25-2)4-6-13/h3-8,11,23H,9-10H2,1-2H3,(H,22,24)/b21-15+/t11-/m0/s1. The molecule has 0 saturated heterocycles. The van der Waals surface area contributed by atoms with Crippen LogP contribution in [-0.2, 0) is 4.79 Å². The Hall–Kier alpha value is -3.09. The maximum absolute atomic E-state index is 14.0. The van der Waals surface area contributed by atoms with E-state index in [2.05, 4.69) is 10.5 Å². The van der Waals surface area contributed by atoms with Crippen LogP contribution in [0.4, 0.5) is 4.39 Å². The number of benzene rings is 2. The second-order valence-corrected chi connectivity index (χ2v) is 6.02. The second-order valence-electron chi connectivity index (χ2n) is 6.02. The van der Waals surface area contributed by atoms with Crippen LogP contribution in [0.2, 0.25) is 0 Å². The van der Waals surface area contributed by atoms with Crippen molar-refractivity contribution in [3.63, 3.8) is 0 Å². The van der Waals surface area contributed by atoms with Gasteiger partial charge < -0.3 is 14.6 Å². The molecule has 0 unspecified atom stereocenters. The largest absolute Gasteiger partial charge is 0.507 e. The SMILES string of the molecule is COc1ccc(OCC(=O)N/N=C2\C[C@H](C)c3c(F)ccc(O)c32)cc1. The van der Waals surface area contributed by atoms with Crippen molar-refractivity contribution in [2.45, 2.75) is 19.3 Å². The maximum atomic E-state index is 14.0. The number of ether oxygens (including phenoxy) is 2. The summed E-state index contributed by atoms with van der Waals surface area (Å²) in [6.07, 6.45) is 0.434. The Bertz CT molecular complexity index is 849. The van der Waals surface area contributed by atoms with Crippen LogP contribution in [0.25, 0.3) is 0 Å². The summed E-state index contributed by atoms with van der Waals surface area (Å²) in [4.78, 5) is 11.9. The highest BCUT2D eigenvalue weighted by Crippen LogP contribution is 2.39. The molecule has 1 aliphatic carbocycles. The number of nitrogens with zero attached hydrogens (tertiary/aromatic N) is 1. The van der Waals surface area contributed by atoms with Gasteiger partial charge in [-0.05, 0) is 48.7 Å². The zero-order chi connectivity index (χ0) is 18.7. The second kappa shape index (κ2) is 7.43. The first-order valence-electron chi connectivity index (χ1n) is 8.13. The van der Waals surface area contributed by atoms with Gasteiger partial charge in [-0.25, -0.2) is 9.82 Å². The molecular weight excluding hydrogens is 339 g/mol. The molecule has 26 heavy (non-hydrogen) atoms. The minimum absolute atomic E-state index is 0.0479. The summed E-state index contributed by atoms with van der Waals surface area (Å²) in [5.74, 6) is 0.203. The highest BCUT2D eigenvalue weighted by atomic mass is 19.1. The molecule has 6 nitrogen and oxygen atoms in total. The molecular formula is C19H19FN2O4. The number of fused-ring (bicyclic) bond motifs is 1. The number of hydrazone groups is 1. The van der Waals surface area contributed by atoms with Gasteiger partial charge in [-0.15, -0.1) is 0 Å². The molecule has 0 saturated carbocycles. The first-order chi connectivity index (χ1) is 12.5. The van der Waals surface area contributed by atoms with Crippen LogP contribution >= 0.6 is 0 Å². The normalized spacial score (nSPS) is 17.0. The van der Waals surface area contributed by atoms with Gasteiger partial charge in [0.05, 0.1) is 12.8 Å². The fraction of sp³-hybridized carbons (Fsp3) is 0.263. The minimum atomic E-state index is -0.453. The predicted octanol–water partition coefficient (Wildman–Crippen LogP) is 2.95. The number of carbonyl (C=O) groups excluding carboxylic acids is 1. The van der Waals surface area contributed by atoms with E-state index in [1.165, 1.54) is 12.1 Å². The summed E-state index contributed by atoms with van der Waals surface area (Å²) in [5, 5.41) is 14.1. The van der Waals surface area contributed by atoms with Crippen molar-refractivity contribution in [2.75, 3.05) is 13.7 Å². The van der Waals surface area contributed by atoms with Crippen molar-refractivity contribution in [2.24, 2.45) is 5.10 Å². The lowest BCUT2D eigenvalue weighted by molar-refractivity contribution is -0.123. The molecule has 2 N–H and O–H groups in total. The average molecular weight is 358 g/mol. The Kier molecular flexibility index (Phi) is 5.06. The molecule has 2 aromatic rings. The van der Waals surface area contributed by atoms with Crippen molar-refractivity contribution in [1.29, 1.82) is 0 Å². The number of hydrogen-bond acceptors (Lipinski definition) is 5. The monoisotopic (exact) mass is 358 g/mol. The van der Waals surface area contributed by atoms with E-state index in [1.54, 1.807) is 31.4 Å². The molecule has 0 spiro atoms. The van der Waals surface area contributed by atoms with Crippen LogP contribution in [-0.4, -0.2) is 30.4 Å². The van der Waals surface area contributed by atoms with E-state index in [0.29, 0.717) is 34.8 Å². The quantitative estimate of drug-likeness (QED) is 0.806. The summed E-state index contributed by atoms with van der Waals surface area (Å²) >= 11 is 0. The van der Waals surface area contributed by atoms with Crippen molar-refractivity contribution in [3.05, 3.63) is 53.3 Å². The van der Waals surface area contributed by atoms with Gasteiger partial charge in [0.1, 0.15) is 23.1 Å². The molecule has 3 rings (SSSR count). The third-order valence-electron chi connectivity index (χ3n) is 4.20. The lowest BCUT2D eigenvalue weighted by atomic mass is 10.0. The third-order valence-corrected chi connectivity index (χ3v) is 4.20. The Morgan fingerprint density at radius 1 is 1.27 bits per heavy atom. The number of aromatic hydroxyl groups is 1. The lowest BCUT2D eigenvalue weighted by Crippen LogP contribution is -2.25. The number of phenolic OH excluding ortho intramolecular Hbond substituents is 1. The van der Waals surface area contributed by atoms with Gasteiger partial charge in [-0.2, -0.15) is 5.10 Å². The summed E-state index contributed by atoms with van der Waals surface area (Å²) in [6, 6.07) is 9.34. The number of amides is 1. The Labute approximate surface area is 150 Å². The van der Waals surface area contributed by atoms with E-state index in [0.717, 1.165) is 0 Å². The smallest absolute Gasteiger partial charge is 0.277 e. The predicted molar refractivity (Wildman–Crippen MR) is 94.3 cm³/mol. The van der Waals surface area contributed by atoms with Crippen molar-refractivity contribution in [1.82, 2.24) is 5.43 Å². The summed E-state index contributed by atoms with van der Waals surface area (Å²) in [7, 11) is 1.56. The third kappa shape index (κ3) is 3.61. The van der Waals surface area contributed by atoms with Gasteiger partial charge in [-0.3, -0.25) is 4.79 Å². The van der Waals surface area contributed by atoms with Gasteiger partial charge in [0.15, 0.2) is 6.61 Å². The Balaban J connectivity index is 1.63. The van der Waals surface area contributed by atoms with Crippen molar-refractivity contribution < 1.29 is 23.8 Å². The van der Waals surface area contributed by atoms with Crippen LogP contribution in [0.15, 0.2) is 41.5 Å². The van der Waals surface area contributed by atoms with E-state index >= 15 is 0 Å². The molecule has 7 heteroatoms. The van der Waals surface area contributed by atoms with Crippen molar-refractivity contribution in [3.8, 4) is 17.2 Å². The van der Waals surface area contributed by atoms with Gasteiger partial charge in [-0.1, -0.05) is 6.92 Å². The fourth-order valence-corrected chi connectivity index (χ4v) is 2.95. The minimum Gasteiger partial charge on any atom is -0.507 e. The van der Waals surface area contributed by atoms with Crippen LogP contribution in [0.1, 0.15) is 30.4 Å². The molecule has 0 aliphatic heterocycles. The summed E-state index contributed by atoms with van der Waals surface area (Å²) in [5.41, 5.74) is 3.62. The number of phenols is 1. The van der Waals surface area contributed by atoms with Gasteiger partial charge >= 0.3 is 0 Å². The van der Waals surface area contributed by atoms with Crippen molar-refractivity contribution >= 4 is 11.6 Å². The average Bonchev–Trinajstić information content (AvgIpc) is 2.99. The number of rotatable bonds is 5. The van der Waals surface area contributed by atoms with Gasteiger partial charge in [0, 0.05) is 11.1 Å². The molecule has 1 aliphatic rings. The highest BCUT2D eigenvalue weighted by molar-refractivity contribution is 6.07. The molecule has 0 aromatic heterocycles. The summed E-state index contributed by atoms with van der Waals surface area (Å²) in [6.45, 7) is 1.62. The Morgan fingerprint density at radius 2 is 1.96 bits per heavy atom. The first kappa shape index (κ1) is 17.7. The molecule has 1 amide bonds. The zero-order valence-corrected chi connectivity index (χ0v) is 14.5. The number of halogens is 1. The number of nitrogens with one attached hydrogen (secondary N) is 1. The Morgan fingerprint density at radius 3 is 2.65 bits per heavy atom. The van der Waals surface area contributed by atoms with Crippen LogP contribution < -0.4 is 14.9 Å². The molecule has 2 aromatic carbocycles. The summed E-state index contributed by atoms with van der Waals surface area (Å²) < 4.78 is 24.4. The highest BCUT2D eigenvalue weighted by Gasteiger charge is 2.30. The van der Waals surface area contributed by atoms with E-state index in [-0.39, 0.29) is 24.1 Å².